The highest BCUT2D eigenvalue weighted by Gasteiger charge is 2.07. The monoisotopic (exact) mass is 257 g/mol. The minimum atomic E-state index is -0.143. The fourth-order valence-electron chi connectivity index (χ4n) is 1.69. The van der Waals surface area contributed by atoms with Crippen LogP contribution in [0.5, 0.6) is 0 Å². The molecule has 0 radical (unpaired) electrons. The molecule has 2 rings (SSSR count). The molecule has 1 aromatic carbocycles. The van der Waals surface area contributed by atoms with E-state index in [-0.39, 0.29) is 11.5 Å². The zero-order valence-corrected chi connectivity index (χ0v) is 10.9. The summed E-state index contributed by atoms with van der Waals surface area (Å²) in [7, 11) is 3.42. The molecular weight excluding hydrogens is 242 g/mol. The Morgan fingerprint density at radius 1 is 1.21 bits per heavy atom. The molecule has 0 aliphatic rings. The van der Waals surface area contributed by atoms with Gasteiger partial charge in [-0.05, 0) is 23.8 Å². The van der Waals surface area contributed by atoms with Crippen LogP contribution in [-0.4, -0.2) is 34.7 Å². The summed E-state index contributed by atoms with van der Waals surface area (Å²) in [6.07, 6.45) is 1.57. The minimum absolute atomic E-state index is 0.0402. The molecule has 0 saturated heterocycles. The number of benzene rings is 1. The highest BCUT2D eigenvalue weighted by molar-refractivity contribution is 5.93. The number of carbonyl (C=O) groups is 1. The number of amides is 1. The Labute approximate surface area is 111 Å². The lowest BCUT2D eigenvalue weighted by Crippen LogP contribution is -2.22. The molecule has 0 saturated carbocycles. The van der Waals surface area contributed by atoms with Crippen molar-refractivity contribution in [2.24, 2.45) is 0 Å². The topological polar surface area (TPSA) is 55.2 Å². The Morgan fingerprint density at radius 2 is 1.89 bits per heavy atom. The van der Waals surface area contributed by atoms with E-state index >= 15 is 0 Å². The van der Waals surface area contributed by atoms with Gasteiger partial charge in [-0.3, -0.25) is 9.59 Å². The van der Waals surface area contributed by atoms with Gasteiger partial charge in [0.15, 0.2) is 0 Å². The second kappa shape index (κ2) is 5.48. The first kappa shape index (κ1) is 13.0. The molecule has 98 valence electrons. The van der Waals surface area contributed by atoms with Crippen molar-refractivity contribution in [3.63, 3.8) is 0 Å². The number of hydrogen-bond donors (Lipinski definition) is 0. The molecule has 0 spiro atoms. The van der Waals surface area contributed by atoms with Gasteiger partial charge >= 0.3 is 0 Å². The zero-order chi connectivity index (χ0) is 13.8. The predicted octanol–water partition coefficient (Wildman–Crippen LogP) is 0.993. The molecule has 5 heteroatoms. The van der Waals surface area contributed by atoms with E-state index in [1.54, 1.807) is 38.5 Å². The number of carbonyl (C=O) groups excluding carboxylic acids is 1. The third-order valence-electron chi connectivity index (χ3n) is 2.72. The first-order valence-corrected chi connectivity index (χ1v) is 5.90. The first-order chi connectivity index (χ1) is 9.08. The Kier molecular flexibility index (Phi) is 3.75. The predicted molar refractivity (Wildman–Crippen MR) is 72.1 cm³/mol. The third-order valence-corrected chi connectivity index (χ3v) is 2.72. The standard InChI is InChI=1S/C14H15N3O2/c1-16(2)14(19)12-7-5-11(6-8-12)10-17-13(18)4-3-9-15-17/h3-9H,10H2,1-2H3. The third kappa shape index (κ3) is 3.07. The van der Waals surface area contributed by atoms with Crippen LogP contribution >= 0.6 is 0 Å². The number of aromatic nitrogens is 2. The lowest BCUT2D eigenvalue weighted by atomic mass is 10.1. The van der Waals surface area contributed by atoms with Crippen LogP contribution in [0.1, 0.15) is 15.9 Å². The molecule has 1 amide bonds. The lowest BCUT2D eigenvalue weighted by Gasteiger charge is -2.10. The summed E-state index contributed by atoms with van der Waals surface area (Å²) in [6, 6.07) is 10.3. The van der Waals surface area contributed by atoms with Gasteiger partial charge in [-0.15, -0.1) is 0 Å². The van der Waals surface area contributed by atoms with Crippen molar-refractivity contribution in [2.45, 2.75) is 6.54 Å². The van der Waals surface area contributed by atoms with Crippen molar-refractivity contribution in [3.05, 3.63) is 64.1 Å². The molecule has 1 aromatic heterocycles. The van der Waals surface area contributed by atoms with Gasteiger partial charge in [-0.1, -0.05) is 12.1 Å². The smallest absolute Gasteiger partial charge is 0.267 e. The van der Waals surface area contributed by atoms with Crippen LogP contribution in [0.15, 0.2) is 47.4 Å². The molecule has 0 unspecified atom stereocenters. The van der Waals surface area contributed by atoms with Crippen LogP contribution in [0.4, 0.5) is 0 Å². The van der Waals surface area contributed by atoms with Crippen LogP contribution < -0.4 is 5.56 Å². The highest BCUT2D eigenvalue weighted by Crippen LogP contribution is 2.07. The van der Waals surface area contributed by atoms with Crippen LogP contribution in [0, 0.1) is 0 Å². The van der Waals surface area contributed by atoms with Crippen LogP contribution in [0.3, 0.4) is 0 Å². The van der Waals surface area contributed by atoms with Gasteiger partial charge in [0.25, 0.3) is 11.5 Å². The van der Waals surface area contributed by atoms with Crippen LogP contribution in [0.25, 0.3) is 0 Å². The van der Waals surface area contributed by atoms with Gasteiger partial charge in [-0.25, -0.2) is 4.68 Å². The van der Waals surface area contributed by atoms with Gasteiger partial charge < -0.3 is 4.90 Å². The van der Waals surface area contributed by atoms with Gasteiger partial charge in [0, 0.05) is 31.9 Å². The van der Waals surface area contributed by atoms with Gasteiger partial charge in [0.1, 0.15) is 0 Å². The molecule has 0 aliphatic carbocycles. The second-order valence-electron chi connectivity index (χ2n) is 4.42. The van der Waals surface area contributed by atoms with Crippen molar-refractivity contribution < 1.29 is 4.79 Å². The van der Waals surface area contributed by atoms with E-state index in [0.29, 0.717) is 12.1 Å². The van der Waals surface area contributed by atoms with E-state index in [4.69, 9.17) is 0 Å². The summed E-state index contributed by atoms with van der Waals surface area (Å²) in [6.45, 7) is 0.399. The average Bonchev–Trinajstić information content (AvgIpc) is 2.41. The maximum Gasteiger partial charge on any atom is 0.267 e. The average molecular weight is 257 g/mol. The SMILES string of the molecule is CN(C)C(=O)c1ccc(Cn2ncccc2=O)cc1. The van der Waals surface area contributed by atoms with E-state index in [0.717, 1.165) is 5.56 Å². The quantitative estimate of drug-likeness (QED) is 0.824. The van der Waals surface area contributed by atoms with E-state index in [1.165, 1.54) is 15.6 Å². The number of hydrogen-bond acceptors (Lipinski definition) is 3. The fourth-order valence-corrected chi connectivity index (χ4v) is 1.69. The van der Waals surface area contributed by atoms with Gasteiger partial charge in [0.2, 0.25) is 0 Å². The maximum atomic E-state index is 11.7. The van der Waals surface area contributed by atoms with Crippen LogP contribution in [0.2, 0.25) is 0 Å². The Bertz CT molecular complexity index is 630. The molecular formula is C14H15N3O2. The number of nitrogens with zero attached hydrogens (tertiary/aromatic N) is 3. The summed E-state index contributed by atoms with van der Waals surface area (Å²) in [5.74, 6) is -0.0402. The second-order valence-corrected chi connectivity index (χ2v) is 4.42. The van der Waals surface area contributed by atoms with Crippen molar-refractivity contribution >= 4 is 5.91 Å². The van der Waals surface area contributed by atoms with E-state index in [1.807, 2.05) is 12.1 Å². The largest absolute Gasteiger partial charge is 0.345 e. The summed E-state index contributed by atoms with van der Waals surface area (Å²) < 4.78 is 1.38. The van der Waals surface area contributed by atoms with E-state index in [2.05, 4.69) is 5.10 Å². The highest BCUT2D eigenvalue weighted by atomic mass is 16.2. The van der Waals surface area contributed by atoms with Gasteiger partial charge in [-0.2, -0.15) is 5.10 Å². The molecule has 0 N–H and O–H groups in total. The Hall–Kier alpha value is -2.43. The zero-order valence-electron chi connectivity index (χ0n) is 10.9. The first-order valence-electron chi connectivity index (χ1n) is 5.90. The van der Waals surface area contributed by atoms with Crippen molar-refractivity contribution in [1.29, 1.82) is 0 Å². The van der Waals surface area contributed by atoms with E-state index < -0.39 is 0 Å². The van der Waals surface area contributed by atoms with Gasteiger partial charge in [0.05, 0.1) is 6.54 Å². The molecule has 0 aliphatic heterocycles. The lowest BCUT2D eigenvalue weighted by molar-refractivity contribution is 0.0827. The minimum Gasteiger partial charge on any atom is -0.345 e. The van der Waals surface area contributed by atoms with Crippen molar-refractivity contribution in [1.82, 2.24) is 14.7 Å². The Morgan fingerprint density at radius 3 is 2.47 bits per heavy atom. The molecule has 0 atom stereocenters. The molecule has 2 aromatic rings. The van der Waals surface area contributed by atoms with E-state index in [9.17, 15) is 9.59 Å². The number of rotatable bonds is 3. The summed E-state index contributed by atoms with van der Waals surface area (Å²) in [4.78, 5) is 24.8. The van der Waals surface area contributed by atoms with Crippen LogP contribution in [-0.2, 0) is 6.54 Å². The molecule has 0 bridgehead atoms. The van der Waals surface area contributed by atoms with Crippen molar-refractivity contribution in [3.8, 4) is 0 Å². The summed E-state index contributed by atoms with van der Waals surface area (Å²) in [5, 5.41) is 3.99. The maximum absolute atomic E-state index is 11.7. The van der Waals surface area contributed by atoms with Crippen molar-refractivity contribution in [2.75, 3.05) is 14.1 Å². The molecule has 19 heavy (non-hydrogen) atoms. The molecule has 1 heterocycles. The summed E-state index contributed by atoms with van der Waals surface area (Å²) in [5.41, 5.74) is 1.41. The molecule has 5 nitrogen and oxygen atoms in total. The summed E-state index contributed by atoms with van der Waals surface area (Å²) >= 11 is 0. The fraction of sp³-hybridized carbons (Fsp3) is 0.214. The Balaban J connectivity index is 2.18. The normalized spacial score (nSPS) is 10.2. The molecule has 0 fully saturated rings.